The molecule has 0 aliphatic carbocycles. The third-order valence-electron chi connectivity index (χ3n) is 1.43. The molecule has 0 bridgehead atoms. The number of hydrogen-bond donors (Lipinski definition) is 3. The van der Waals surface area contributed by atoms with Gasteiger partial charge in [0.25, 0.3) is 0 Å². The van der Waals surface area contributed by atoms with Gasteiger partial charge in [0.1, 0.15) is 0 Å². The average molecular weight is 133 g/mol. The Kier molecular flexibility index (Phi) is 2.02. The maximum absolute atomic E-state index is 8.93. The van der Waals surface area contributed by atoms with Gasteiger partial charge in [-0.25, -0.2) is 0 Å². The monoisotopic (exact) mass is 133 g/mol. The van der Waals surface area contributed by atoms with Crippen LogP contribution in [0.5, 0.6) is 0 Å². The van der Waals surface area contributed by atoms with Crippen LogP contribution in [0, 0.1) is 0 Å². The minimum absolute atomic E-state index is 0.141. The first-order valence-electron chi connectivity index (χ1n) is 2.93. The molecule has 3 atom stereocenters. The number of aliphatic hydroxyl groups excluding tert-OH is 2. The van der Waals surface area contributed by atoms with Crippen LogP contribution in [0.1, 0.15) is 6.42 Å². The third kappa shape index (κ3) is 1.62. The van der Waals surface area contributed by atoms with Gasteiger partial charge in [-0.1, -0.05) is 0 Å². The molecule has 1 saturated heterocycles. The summed E-state index contributed by atoms with van der Waals surface area (Å²) in [6, 6.07) is -0.339. The van der Waals surface area contributed by atoms with Crippen molar-refractivity contribution in [2.24, 2.45) is 5.73 Å². The zero-order chi connectivity index (χ0) is 6.85. The summed E-state index contributed by atoms with van der Waals surface area (Å²) >= 11 is 0. The van der Waals surface area contributed by atoms with Crippen LogP contribution in [0.25, 0.3) is 0 Å². The summed E-state index contributed by atoms with van der Waals surface area (Å²) in [4.78, 5) is 0. The van der Waals surface area contributed by atoms with Gasteiger partial charge in [-0.15, -0.1) is 0 Å². The predicted molar refractivity (Wildman–Crippen MR) is 30.6 cm³/mol. The van der Waals surface area contributed by atoms with Crippen molar-refractivity contribution in [3.8, 4) is 0 Å². The summed E-state index contributed by atoms with van der Waals surface area (Å²) in [7, 11) is 0. The van der Waals surface area contributed by atoms with E-state index in [1.165, 1.54) is 0 Å². The van der Waals surface area contributed by atoms with E-state index in [-0.39, 0.29) is 12.6 Å². The fourth-order valence-corrected chi connectivity index (χ4v) is 0.791. The van der Waals surface area contributed by atoms with Crippen LogP contribution in [-0.2, 0) is 4.74 Å². The SMILES string of the molecule is NC1C[C@H](O)OC[C@@H]1O. The van der Waals surface area contributed by atoms with E-state index >= 15 is 0 Å². The normalized spacial score (nSPS) is 45.0. The Morgan fingerprint density at radius 2 is 2.11 bits per heavy atom. The Hall–Kier alpha value is -0.160. The van der Waals surface area contributed by atoms with Crippen LogP contribution in [0.4, 0.5) is 0 Å². The Labute approximate surface area is 53.2 Å². The third-order valence-corrected chi connectivity index (χ3v) is 1.43. The first kappa shape index (κ1) is 6.95. The molecule has 54 valence electrons. The molecule has 9 heavy (non-hydrogen) atoms. The molecule has 0 aromatic rings. The molecular formula is C5H11NO3. The lowest BCUT2D eigenvalue weighted by atomic mass is 10.1. The molecule has 1 aliphatic rings. The number of rotatable bonds is 0. The fourth-order valence-electron chi connectivity index (χ4n) is 0.791. The lowest BCUT2D eigenvalue weighted by Crippen LogP contribution is -2.46. The van der Waals surface area contributed by atoms with Crippen molar-refractivity contribution in [1.82, 2.24) is 0 Å². The molecule has 1 aliphatic heterocycles. The molecule has 0 amide bonds. The van der Waals surface area contributed by atoms with E-state index in [0.717, 1.165) is 0 Å². The molecule has 0 spiro atoms. The number of ether oxygens (including phenoxy) is 1. The van der Waals surface area contributed by atoms with E-state index in [4.69, 9.17) is 15.9 Å². The summed E-state index contributed by atoms with van der Waals surface area (Å²) in [5.74, 6) is 0. The fraction of sp³-hybridized carbons (Fsp3) is 1.00. The van der Waals surface area contributed by atoms with Gasteiger partial charge in [-0.3, -0.25) is 0 Å². The van der Waals surface area contributed by atoms with Gasteiger partial charge in [0.15, 0.2) is 6.29 Å². The van der Waals surface area contributed by atoms with Gasteiger partial charge in [0.2, 0.25) is 0 Å². The quantitative estimate of drug-likeness (QED) is 0.372. The Morgan fingerprint density at radius 1 is 1.44 bits per heavy atom. The lowest BCUT2D eigenvalue weighted by molar-refractivity contribution is -0.162. The van der Waals surface area contributed by atoms with E-state index < -0.39 is 12.4 Å². The smallest absolute Gasteiger partial charge is 0.156 e. The molecule has 4 N–H and O–H groups in total. The highest BCUT2D eigenvalue weighted by Crippen LogP contribution is 2.09. The van der Waals surface area contributed by atoms with Crippen molar-refractivity contribution in [2.75, 3.05) is 6.61 Å². The van der Waals surface area contributed by atoms with E-state index in [9.17, 15) is 0 Å². The Bertz CT molecular complexity index is 98.2. The van der Waals surface area contributed by atoms with Crippen molar-refractivity contribution >= 4 is 0 Å². The zero-order valence-electron chi connectivity index (χ0n) is 5.03. The van der Waals surface area contributed by atoms with Gasteiger partial charge in [-0.05, 0) is 0 Å². The van der Waals surface area contributed by atoms with Gasteiger partial charge < -0.3 is 20.7 Å². The van der Waals surface area contributed by atoms with E-state index in [1.807, 2.05) is 0 Å². The average Bonchev–Trinajstić information content (AvgIpc) is 1.80. The van der Waals surface area contributed by atoms with Gasteiger partial charge in [0, 0.05) is 12.5 Å². The van der Waals surface area contributed by atoms with Crippen molar-refractivity contribution in [2.45, 2.75) is 24.9 Å². The Balaban J connectivity index is 2.35. The van der Waals surface area contributed by atoms with Crippen LogP contribution in [0.2, 0.25) is 0 Å². The highest BCUT2D eigenvalue weighted by atomic mass is 16.6. The molecule has 4 nitrogen and oxygen atoms in total. The molecule has 0 radical (unpaired) electrons. The number of hydrogen-bond acceptors (Lipinski definition) is 4. The van der Waals surface area contributed by atoms with Crippen molar-refractivity contribution in [3.05, 3.63) is 0 Å². The van der Waals surface area contributed by atoms with Crippen molar-refractivity contribution < 1.29 is 14.9 Å². The highest BCUT2D eigenvalue weighted by Gasteiger charge is 2.25. The van der Waals surface area contributed by atoms with Crippen LogP contribution in [-0.4, -0.2) is 35.3 Å². The molecule has 1 fully saturated rings. The Morgan fingerprint density at radius 3 is 2.56 bits per heavy atom. The van der Waals surface area contributed by atoms with Gasteiger partial charge in [0.05, 0.1) is 12.7 Å². The number of aliphatic hydroxyl groups is 2. The molecule has 1 rings (SSSR count). The summed E-state index contributed by atoms with van der Waals surface area (Å²) in [5, 5.41) is 17.7. The molecule has 0 aromatic heterocycles. The maximum Gasteiger partial charge on any atom is 0.156 e. The molecule has 1 unspecified atom stereocenters. The molecular weight excluding hydrogens is 122 g/mol. The first-order valence-corrected chi connectivity index (χ1v) is 2.93. The molecule has 4 heteroatoms. The van der Waals surface area contributed by atoms with E-state index in [0.29, 0.717) is 6.42 Å². The van der Waals surface area contributed by atoms with E-state index in [2.05, 4.69) is 4.74 Å². The second kappa shape index (κ2) is 2.62. The second-order valence-electron chi connectivity index (χ2n) is 2.25. The molecule has 0 aromatic carbocycles. The van der Waals surface area contributed by atoms with E-state index in [1.54, 1.807) is 0 Å². The summed E-state index contributed by atoms with van der Waals surface area (Å²) in [5.41, 5.74) is 5.38. The minimum Gasteiger partial charge on any atom is -0.389 e. The lowest BCUT2D eigenvalue weighted by Gasteiger charge is -2.27. The zero-order valence-corrected chi connectivity index (χ0v) is 5.03. The summed E-state index contributed by atoms with van der Waals surface area (Å²) < 4.78 is 4.69. The largest absolute Gasteiger partial charge is 0.389 e. The first-order chi connectivity index (χ1) is 4.20. The summed E-state index contributed by atoms with van der Waals surface area (Å²) in [6.45, 7) is 0.141. The van der Waals surface area contributed by atoms with Crippen molar-refractivity contribution in [3.63, 3.8) is 0 Å². The second-order valence-corrected chi connectivity index (χ2v) is 2.25. The van der Waals surface area contributed by atoms with Gasteiger partial charge in [-0.2, -0.15) is 0 Å². The van der Waals surface area contributed by atoms with Gasteiger partial charge >= 0.3 is 0 Å². The summed E-state index contributed by atoms with van der Waals surface area (Å²) in [6.07, 6.45) is -1.09. The standard InChI is InChI=1S/C5H11NO3/c6-3-1-5(8)9-2-4(3)7/h3-5,7-8H,1-2,6H2/t3?,4-,5+/m0/s1. The minimum atomic E-state index is -0.789. The van der Waals surface area contributed by atoms with Crippen LogP contribution in [0.3, 0.4) is 0 Å². The maximum atomic E-state index is 8.93. The number of nitrogens with two attached hydrogens (primary N) is 1. The van der Waals surface area contributed by atoms with Crippen LogP contribution >= 0.6 is 0 Å². The van der Waals surface area contributed by atoms with Crippen LogP contribution < -0.4 is 5.73 Å². The van der Waals surface area contributed by atoms with Crippen LogP contribution in [0.15, 0.2) is 0 Å². The topological polar surface area (TPSA) is 75.7 Å². The predicted octanol–water partition coefficient (Wildman–Crippen LogP) is -1.59. The highest BCUT2D eigenvalue weighted by molar-refractivity contribution is 4.76. The van der Waals surface area contributed by atoms with Crippen molar-refractivity contribution in [1.29, 1.82) is 0 Å². The molecule has 0 saturated carbocycles. The molecule has 1 heterocycles.